The van der Waals surface area contributed by atoms with Crippen LogP contribution in [0.4, 0.5) is 0 Å². The van der Waals surface area contributed by atoms with Gasteiger partial charge in [-0.15, -0.1) is 0 Å². The van der Waals surface area contributed by atoms with Crippen molar-refractivity contribution in [2.24, 2.45) is 0 Å². The van der Waals surface area contributed by atoms with E-state index in [1.807, 2.05) is 79.0 Å². The van der Waals surface area contributed by atoms with E-state index in [2.05, 4.69) is 72.6 Å². The maximum Gasteiger partial charge on any atom is 0.164 e. The van der Waals surface area contributed by atoms with Crippen molar-refractivity contribution in [3.8, 4) is 56.4 Å². The van der Waals surface area contributed by atoms with Gasteiger partial charge in [-0.1, -0.05) is 109 Å². The first-order chi connectivity index (χ1) is 20.2. The summed E-state index contributed by atoms with van der Waals surface area (Å²) in [5.74, 6) is 1.92. The minimum atomic E-state index is 0.631. The molecule has 4 nitrogen and oxygen atoms in total. The first-order valence-corrected chi connectivity index (χ1v) is 13.6. The second kappa shape index (κ2) is 10.6. The highest BCUT2D eigenvalue weighted by molar-refractivity contribution is 5.96. The molecule has 0 spiro atoms. The number of aromatic nitrogens is 4. The van der Waals surface area contributed by atoms with Gasteiger partial charge in [0.15, 0.2) is 17.5 Å². The molecule has 41 heavy (non-hydrogen) atoms. The number of pyridine rings is 1. The number of hydrogen-bond donors (Lipinski definition) is 0. The van der Waals surface area contributed by atoms with Crippen LogP contribution in [0.25, 0.3) is 67.3 Å². The molecule has 0 aliphatic heterocycles. The van der Waals surface area contributed by atoms with Crippen LogP contribution in [0.2, 0.25) is 0 Å². The molecule has 0 bridgehead atoms. The second-order valence-corrected chi connectivity index (χ2v) is 10.1. The van der Waals surface area contributed by atoms with Crippen LogP contribution < -0.4 is 0 Å². The fraction of sp³-hybridized carbons (Fsp3) is 0.0270. The number of rotatable bonds is 5. The Kier molecular flexibility index (Phi) is 6.34. The van der Waals surface area contributed by atoms with Gasteiger partial charge < -0.3 is 0 Å². The van der Waals surface area contributed by atoms with Crippen molar-refractivity contribution >= 4 is 10.9 Å². The van der Waals surface area contributed by atoms with E-state index in [0.717, 1.165) is 49.8 Å². The number of aryl methyl sites for hydroxylation is 1. The zero-order chi connectivity index (χ0) is 27.6. The summed E-state index contributed by atoms with van der Waals surface area (Å²) in [5, 5.41) is 1.10. The van der Waals surface area contributed by atoms with Gasteiger partial charge in [0.1, 0.15) is 0 Å². The lowest BCUT2D eigenvalue weighted by Crippen LogP contribution is -2.00. The molecule has 5 aromatic carbocycles. The van der Waals surface area contributed by atoms with Gasteiger partial charge in [-0.3, -0.25) is 4.98 Å². The topological polar surface area (TPSA) is 51.6 Å². The molecule has 0 unspecified atom stereocenters. The first kappa shape index (κ1) is 24.6. The SMILES string of the molecule is Cc1ccc(-c2cc(-c3nc(-c4ccccc4)nc(-c4ccccc4)n3)cc(-c3ccnc4ccccc34)c2)cc1. The Hall–Kier alpha value is -5.48. The first-order valence-electron chi connectivity index (χ1n) is 13.6. The highest BCUT2D eigenvalue weighted by Gasteiger charge is 2.15. The van der Waals surface area contributed by atoms with Crippen molar-refractivity contribution in [2.45, 2.75) is 6.92 Å². The van der Waals surface area contributed by atoms with E-state index in [0.29, 0.717) is 17.5 Å². The Labute approximate surface area is 239 Å². The third kappa shape index (κ3) is 4.99. The van der Waals surface area contributed by atoms with Gasteiger partial charge >= 0.3 is 0 Å². The third-order valence-corrected chi connectivity index (χ3v) is 7.24. The minimum Gasteiger partial charge on any atom is -0.256 e. The predicted octanol–water partition coefficient (Wildman–Crippen LogP) is 9.06. The molecule has 2 heterocycles. The van der Waals surface area contributed by atoms with Crippen molar-refractivity contribution in [1.29, 1.82) is 0 Å². The van der Waals surface area contributed by atoms with Crippen LogP contribution in [0.5, 0.6) is 0 Å². The monoisotopic (exact) mass is 526 g/mol. The van der Waals surface area contributed by atoms with E-state index in [-0.39, 0.29) is 0 Å². The largest absolute Gasteiger partial charge is 0.256 e. The van der Waals surface area contributed by atoms with Crippen LogP contribution in [-0.4, -0.2) is 19.9 Å². The maximum atomic E-state index is 5.01. The highest BCUT2D eigenvalue weighted by Crippen LogP contribution is 2.35. The van der Waals surface area contributed by atoms with Gasteiger partial charge in [-0.05, 0) is 59.5 Å². The molecule has 0 aliphatic rings. The normalized spacial score (nSPS) is 11.0. The van der Waals surface area contributed by atoms with Crippen LogP contribution in [0, 0.1) is 6.92 Å². The fourth-order valence-corrected chi connectivity index (χ4v) is 5.11. The molecule has 7 rings (SSSR count). The van der Waals surface area contributed by atoms with E-state index in [1.165, 1.54) is 5.56 Å². The molecule has 0 atom stereocenters. The number of fused-ring (bicyclic) bond motifs is 1. The third-order valence-electron chi connectivity index (χ3n) is 7.24. The van der Waals surface area contributed by atoms with Crippen molar-refractivity contribution in [3.63, 3.8) is 0 Å². The summed E-state index contributed by atoms with van der Waals surface area (Å²) in [6.45, 7) is 2.11. The molecular formula is C37H26N4. The summed E-state index contributed by atoms with van der Waals surface area (Å²) < 4.78 is 0. The molecule has 0 N–H and O–H groups in total. The molecular weight excluding hydrogens is 500 g/mol. The van der Waals surface area contributed by atoms with E-state index < -0.39 is 0 Å². The Morgan fingerprint density at radius 1 is 0.415 bits per heavy atom. The number of para-hydroxylation sites is 1. The molecule has 7 aromatic rings. The van der Waals surface area contributed by atoms with Gasteiger partial charge in [0.25, 0.3) is 0 Å². The Balaban J connectivity index is 1.48. The summed E-state index contributed by atoms with van der Waals surface area (Å²) in [6, 6.07) is 45.7. The lowest BCUT2D eigenvalue weighted by molar-refractivity contribution is 1.07. The second-order valence-electron chi connectivity index (χ2n) is 10.1. The Bertz CT molecular complexity index is 1920. The zero-order valence-electron chi connectivity index (χ0n) is 22.6. The van der Waals surface area contributed by atoms with Gasteiger partial charge in [-0.2, -0.15) is 0 Å². The van der Waals surface area contributed by atoms with Crippen LogP contribution >= 0.6 is 0 Å². The quantitative estimate of drug-likeness (QED) is 0.224. The van der Waals surface area contributed by atoms with E-state index >= 15 is 0 Å². The van der Waals surface area contributed by atoms with Crippen LogP contribution in [0.3, 0.4) is 0 Å². The summed E-state index contributed by atoms with van der Waals surface area (Å²) >= 11 is 0. The average molecular weight is 527 g/mol. The number of benzene rings is 5. The zero-order valence-corrected chi connectivity index (χ0v) is 22.6. The molecule has 0 saturated carbocycles. The van der Waals surface area contributed by atoms with Gasteiger partial charge in [0, 0.05) is 28.3 Å². The molecule has 194 valence electrons. The maximum absolute atomic E-state index is 5.01. The Morgan fingerprint density at radius 3 is 1.61 bits per heavy atom. The summed E-state index contributed by atoms with van der Waals surface area (Å²) in [4.78, 5) is 19.5. The van der Waals surface area contributed by atoms with Crippen LogP contribution in [0.1, 0.15) is 5.56 Å². The number of nitrogens with zero attached hydrogens (tertiary/aromatic N) is 4. The molecule has 0 fully saturated rings. The molecule has 0 aliphatic carbocycles. The Morgan fingerprint density at radius 2 is 0.951 bits per heavy atom. The summed E-state index contributed by atoms with van der Waals surface area (Å²) in [7, 11) is 0. The predicted molar refractivity (Wildman–Crippen MR) is 167 cm³/mol. The van der Waals surface area contributed by atoms with Crippen molar-refractivity contribution in [2.75, 3.05) is 0 Å². The molecule has 0 radical (unpaired) electrons. The lowest BCUT2D eigenvalue weighted by atomic mass is 9.94. The average Bonchev–Trinajstić information content (AvgIpc) is 3.05. The van der Waals surface area contributed by atoms with E-state index in [9.17, 15) is 0 Å². The van der Waals surface area contributed by atoms with Gasteiger partial charge in [0.05, 0.1) is 5.52 Å². The van der Waals surface area contributed by atoms with Crippen molar-refractivity contribution < 1.29 is 0 Å². The molecule has 2 aromatic heterocycles. The van der Waals surface area contributed by atoms with Crippen LogP contribution in [-0.2, 0) is 0 Å². The lowest BCUT2D eigenvalue weighted by Gasteiger charge is -2.13. The van der Waals surface area contributed by atoms with Crippen LogP contribution in [0.15, 0.2) is 140 Å². The molecule has 0 amide bonds. The standard InChI is InChI=1S/C37H26N4/c1-25-16-18-26(19-17-25)29-22-30(32-20-21-38-34-15-9-8-14-33(32)34)24-31(23-29)37-40-35(27-10-4-2-5-11-27)39-36(41-37)28-12-6-3-7-13-28/h2-24H,1H3. The molecule has 4 heteroatoms. The smallest absolute Gasteiger partial charge is 0.164 e. The van der Waals surface area contributed by atoms with E-state index in [1.54, 1.807) is 0 Å². The van der Waals surface area contributed by atoms with Crippen molar-refractivity contribution in [3.05, 3.63) is 145 Å². The number of hydrogen-bond acceptors (Lipinski definition) is 4. The fourth-order valence-electron chi connectivity index (χ4n) is 5.11. The van der Waals surface area contributed by atoms with Gasteiger partial charge in [0.2, 0.25) is 0 Å². The van der Waals surface area contributed by atoms with E-state index in [4.69, 9.17) is 15.0 Å². The highest BCUT2D eigenvalue weighted by atomic mass is 15.0. The summed E-state index contributed by atoms with van der Waals surface area (Å²) in [5.41, 5.74) is 9.44. The molecule has 0 saturated heterocycles. The minimum absolute atomic E-state index is 0.631. The van der Waals surface area contributed by atoms with Crippen molar-refractivity contribution in [1.82, 2.24) is 19.9 Å². The summed E-state index contributed by atoms with van der Waals surface area (Å²) in [6.07, 6.45) is 1.87. The van der Waals surface area contributed by atoms with Gasteiger partial charge in [-0.25, -0.2) is 15.0 Å².